The van der Waals surface area contributed by atoms with Crippen LogP contribution in [0, 0.1) is 6.92 Å². The molecule has 0 radical (unpaired) electrons. The van der Waals surface area contributed by atoms with E-state index in [4.69, 9.17) is 11.6 Å². The van der Waals surface area contributed by atoms with E-state index in [0.29, 0.717) is 16.9 Å². The Hall–Kier alpha value is -1.63. The van der Waals surface area contributed by atoms with Crippen LogP contribution in [0.25, 0.3) is 5.69 Å². The van der Waals surface area contributed by atoms with Gasteiger partial charge in [0.05, 0.1) is 5.69 Å². The standard InChI is InChI=1S/C16H20ClN5O.ClH/c1-11-19-15(16(23)21-9-7-13(18-2)8-10-21)20-22(11)14-5-3-12(17)4-6-14;/h3-6,13,18H,7-10H2,1-2H3;1H. The van der Waals surface area contributed by atoms with Gasteiger partial charge >= 0.3 is 0 Å². The topological polar surface area (TPSA) is 63.1 Å². The number of aryl methyl sites for hydroxylation is 1. The number of halogens is 2. The van der Waals surface area contributed by atoms with E-state index < -0.39 is 0 Å². The molecule has 1 aromatic heterocycles. The van der Waals surface area contributed by atoms with Crippen LogP contribution in [0.4, 0.5) is 0 Å². The highest BCUT2D eigenvalue weighted by Gasteiger charge is 2.26. The minimum atomic E-state index is -0.102. The Morgan fingerprint density at radius 2 is 1.88 bits per heavy atom. The minimum Gasteiger partial charge on any atom is -0.336 e. The van der Waals surface area contributed by atoms with E-state index in [0.717, 1.165) is 31.6 Å². The van der Waals surface area contributed by atoms with E-state index in [1.165, 1.54) is 0 Å². The zero-order valence-corrected chi connectivity index (χ0v) is 15.3. The molecule has 1 aliphatic heterocycles. The molecule has 0 spiro atoms. The van der Waals surface area contributed by atoms with Crippen molar-refractivity contribution in [1.82, 2.24) is 25.0 Å². The van der Waals surface area contributed by atoms with Crippen molar-refractivity contribution in [2.45, 2.75) is 25.8 Å². The maximum absolute atomic E-state index is 12.6. The normalized spacial score (nSPS) is 15.2. The highest BCUT2D eigenvalue weighted by Crippen LogP contribution is 2.16. The van der Waals surface area contributed by atoms with Gasteiger partial charge in [-0.15, -0.1) is 17.5 Å². The van der Waals surface area contributed by atoms with Gasteiger partial charge in [-0.05, 0) is 51.1 Å². The molecule has 1 N–H and O–H groups in total. The van der Waals surface area contributed by atoms with E-state index in [-0.39, 0.29) is 24.1 Å². The van der Waals surface area contributed by atoms with Crippen LogP contribution in [0.1, 0.15) is 29.3 Å². The molecule has 1 aliphatic rings. The van der Waals surface area contributed by atoms with Gasteiger partial charge in [0.25, 0.3) is 5.91 Å². The van der Waals surface area contributed by atoms with Crippen LogP contribution in [-0.2, 0) is 0 Å². The lowest BCUT2D eigenvalue weighted by Crippen LogP contribution is -2.44. The molecule has 0 atom stereocenters. The molecule has 0 unspecified atom stereocenters. The molecule has 1 saturated heterocycles. The SMILES string of the molecule is CNC1CCN(C(=O)c2nc(C)n(-c3ccc(Cl)cc3)n2)CC1.Cl. The number of benzene rings is 1. The van der Waals surface area contributed by atoms with Gasteiger partial charge in [0.1, 0.15) is 5.82 Å². The second kappa shape index (κ2) is 7.96. The first-order valence-electron chi connectivity index (χ1n) is 7.74. The first-order chi connectivity index (χ1) is 11.1. The van der Waals surface area contributed by atoms with Crippen LogP contribution in [0.3, 0.4) is 0 Å². The first-order valence-corrected chi connectivity index (χ1v) is 8.12. The molecule has 1 fully saturated rings. The summed E-state index contributed by atoms with van der Waals surface area (Å²) in [6.45, 7) is 3.31. The van der Waals surface area contributed by atoms with Crippen molar-refractivity contribution >= 4 is 29.9 Å². The van der Waals surface area contributed by atoms with Gasteiger partial charge in [0, 0.05) is 24.2 Å². The molecule has 1 amide bonds. The highest BCUT2D eigenvalue weighted by molar-refractivity contribution is 6.30. The lowest BCUT2D eigenvalue weighted by atomic mass is 10.1. The number of likely N-dealkylation sites (tertiary alicyclic amines) is 1. The molecule has 2 heterocycles. The molecule has 0 aliphatic carbocycles. The summed E-state index contributed by atoms with van der Waals surface area (Å²) in [5.41, 5.74) is 0.840. The minimum absolute atomic E-state index is 0. The third kappa shape index (κ3) is 3.88. The van der Waals surface area contributed by atoms with Crippen molar-refractivity contribution in [1.29, 1.82) is 0 Å². The van der Waals surface area contributed by atoms with Crippen molar-refractivity contribution in [3.63, 3.8) is 0 Å². The Bertz CT molecular complexity index is 693. The molecule has 0 saturated carbocycles. The molecule has 2 aromatic rings. The number of hydrogen-bond donors (Lipinski definition) is 1. The maximum atomic E-state index is 12.6. The van der Waals surface area contributed by atoms with Gasteiger partial charge in [-0.25, -0.2) is 9.67 Å². The Morgan fingerprint density at radius 3 is 2.46 bits per heavy atom. The monoisotopic (exact) mass is 369 g/mol. The average Bonchev–Trinajstić information content (AvgIpc) is 2.97. The summed E-state index contributed by atoms with van der Waals surface area (Å²) < 4.78 is 1.67. The van der Waals surface area contributed by atoms with Crippen molar-refractivity contribution in [3.8, 4) is 5.69 Å². The Morgan fingerprint density at radius 1 is 1.25 bits per heavy atom. The van der Waals surface area contributed by atoms with Gasteiger partial charge in [0.2, 0.25) is 5.82 Å². The number of hydrogen-bond acceptors (Lipinski definition) is 4. The second-order valence-corrected chi connectivity index (χ2v) is 6.16. The van der Waals surface area contributed by atoms with Crippen molar-refractivity contribution < 1.29 is 4.79 Å². The second-order valence-electron chi connectivity index (χ2n) is 5.73. The summed E-state index contributed by atoms with van der Waals surface area (Å²) in [6.07, 6.45) is 1.91. The Kier molecular flexibility index (Phi) is 6.21. The van der Waals surface area contributed by atoms with Crippen LogP contribution < -0.4 is 5.32 Å². The quantitative estimate of drug-likeness (QED) is 0.902. The smallest absolute Gasteiger partial charge is 0.293 e. The molecule has 130 valence electrons. The first kappa shape index (κ1) is 18.7. The highest BCUT2D eigenvalue weighted by atomic mass is 35.5. The summed E-state index contributed by atoms with van der Waals surface area (Å²) in [5, 5.41) is 8.30. The summed E-state index contributed by atoms with van der Waals surface area (Å²) >= 11 is 5.91. The van der Waals surface area contributed by atoms with E-state index in [2.05, 4.69) is 15.4 Å². The number of rotatable bonds is 3. The summed E-state index contributed by atoms with van der Waals surface area (Å²) in [7, 11) is 1.96. The van der Waals surface area contributed by atoms with Gasteiger partial charge in [0.15, 0.2) is 0 Å². The zero-order valence-electron chi connectivity index (χ0n) is 13.7. The van der Waals surface area contributed by atoms with Crippen LogP contribution >= 0.6 is 24.0 Å². The average molecular weight is 370 g/mol. The summed E-state index contributed by atoms with van der Waals surface area (Å²) in [4.78, 5) is 18.8. The lowest BCUT2D eigenvalue weighted by Gasteiger charge is -2.30. The van der Waals surface area contributed by atoms with Gasteiger partial charge in [-0.2, -0.15) is 0 Å². The molecule has 6 nitrogen and oxygen atoms in total. The number of nitrogens with one attached hydrogen (secondary N) is 1. The van der Waals surface area contributed by atoms with Crippen molar-refractivity contribution in [3.05, 3.63) is 40.9 Å². The fourth-order valence-corrected chi connectivity index (χ4v) is 2.95. The third-order valence-electron chi connectivity index (χ3n) is 4.22. The van der Waals surface area contributed by atoms with E-state index in [9.17, 15) is 4.79 Å². The molecule has 24 heavy (non-hydrogen) atoms. The Balaban J connectivity index is 0.00000208. The summed E-state index contributed by atoms with van der Waals surface area (Å²) in [5.74, 6) is 0.830. The van der Waals surface area contributed by atoms with Gasteiger partial charge < -0.3 is 10.2 Å². The van der Waals surface area contributed by atoms with Gasteiger partial charge in [-0.3, -0.25) is 4.79 Å². The molecule has 0 bridgehead atoms. The molecule has 8 heteroatoms. The molecule has 1 aromatic carbocycles. The number of aromatic nitrogens is 3. The zero-order chi connectivity index (χ0) is 16.4. The number of carbonyl (C=O) groups excluding carboxylic acids is 1. The van der Waals surface area contributed by atoms with Gasteiger partial charge in [-0.1, -0.05) is 11.6 Å². The predicted molar refractivity (Wildman–Crippen MR) is 96.3 cm³/mol. The fourth-order valence-electron chi connectivity index (χ4n) is 2.82. The lowest BCUT2D eigenvalue weighted by molar-refractivity contribution is 0.0695. The molecular weight excluding hydrogens is 349 g/mol. The predicted octanol–water partition coefficient (Wildman–Crippen LogP) is 2.47. The number of nitrogens with zero attached hydrogens (tertiary/aromatic N) is 4. The van der Waals surface area contributed by atoms with Crippen LogP contribution in [0.2, 0.25) is 5.02 Å². The van der Waals surface area contributed by atoms with E-state index >= 15 is 0 Å². The van der Waals surface area contributed by atoms with Crippen LogP contribution in [-0.4, -0.2) is 51.8 Å². The van der Waals surface area contributed by atoms with E-state index in [1.807, 2.05) is 31.0 Å². The Labute approximate surface area is 152 Å². The van der Waals surface area contributed by atoms with E-state index in [1.54, 1.807) is 16.8 Å². The fraction of sp³-hybridized carbons (Fsp3) is 0.438. The van der Waals surface area contributed by atoms with Crippen molar-refractivity contribution in [2.24, 2.45) is 0 Å². The number of carbonyl (C=O) groups is 1. The van der Waals surface area contributed by atoms with Crippen LogP contribution in [0.5, 0.6) is 0 Å². The van der Waals surface area contributed by atoms with Crippen LogP contribution in [0.15, 0.2) is 24.3 Å². The number of piperidine rings is 1. The van der Waals surface area contributed by atoms with Crippen molar-refractivity contribution in [2.75, 3.05) is 20.1 Å². The maximum Gasteiger partial charge on any atom is 0.293 e. The number of amides is 1. The summed E-state index contributed by atoms with van der Waals surface area (Å²) in [6, 6.07) is 7.79. The third-order valence-corrected chi connectivity index (χ3v) is 4.47. The molecule has 3 rings (SSSR count). The molecular formula is C16H21Cl2N5O. The largest absolute Gasteiger partial charge is 0.336 e.